The minimum Gasteiger partial charge on any atom is -0.376 e. The number of aromatic nitrogens is 2. The van der Waals surface area contributed by atoms with E-state index in [2.05, 4.69) is 118 Å². The van der Waals surface area contributed by atoms with Crippen LogP contribution in [0.5, 0.6) is 0 Å². The molecule has 2 bridgehead atoms. The molecule has 0 amide bonds. The molecule has 0 spiro atoms. The van der Waals surface area contributed by atoms with Gasteiger partial charge in [0.2, 0.25) is 0 Å². The van der Waals surface area contributed by atoms with Crippen molar-refractivity contribution < 1.29 is 0 Å². The van der Waals surface area contributed by atoms with Crippen molar-refractivity contribution in [1.29, 1.82) is 0 Å². The molecule has 224 valence electrons. The van der Waals surface area contributed by atoms with Crippen molar-refractivity contribution in [3.63, 3.8) is 0 Å². The third kappa shape index (κ3) is 5.69. The number of anilines is 1. The Balaban J connectivity index is 0.000000172. The molecule has 2 aliphatic carbocycles. The number of hydrogen-bond donors (Lipinski definition) is 0. The van der Waals surface area contributed by atoms with E-state index < -0.39 is 0 Å². The number of fused-ring (bicyclic) bond motifs is 4. The van der Waals surface area contributed by atoms with Gasteiger partial charge in [-0.2, -0.15) is 0 Å². The van der Waals surface area contributed by atoms with Gasteiger partial charge in [0.15, 0.2) is 0 Å². The average Bonchev–Trinajstić information content (AvgIpc) is 3.52. The third-order valence-electron chi connectivity index (χ3n) is 10.0. The van der Waals surface area contributed by atoms with Crippen molar-refractivity contribution in [3.8, 4) is 0 Å². The highest BCUT2D eigenvalue weighted by Gasteiger charge is 2.41. The molecule has 2 heterocycles. The molecular weight excluding hydrogens is 510 g/mol. The first-order chi connectivity index (χ1) is 19.6. The molecule has 3 heteroatoms. The summed E-state index contributed by atoms with van der Waals surface area (Å²) >= 11 is 0. The van der Waals surface area contributed by atoms with Gasteiger partial charge in [-0.3, -0.25) is 9.97 Å². The number of rotatable bonds is 2. The van der Waals surface area contributed by atoms with E-state index in [4.69, 9.17) is 9.97 Å². The lowest BCUT2D eigenvalue weighted by Gasteiger charge is -2.28. The first-order valence-electron chi connectivity index (χ1n) is 16.1. The van der Waals surface area contributed by atoms with Crippen LogP contribution < -0.4 is 4.90 Å². The Labute approximate surface area is 255 Å². The van der Waals surface area contributed by atoms with Crippen LogP contribution in [0.1, 0.15) is 112 Å². The molecule has 4 aromatic rings. The van der Waals surface area contributed by atoms with E-state index in [1.54, 1.807) is 5.56 Å². The van der Waals surface area contributed by atoms with Gasteiger partial charge in [0, 0.05) is 36.3 Å². The van der Waals surface area contributed by atoms with E-state index in [0.717, 1.165) is 34.7 Å². The molecule has 0 N–H and O–H groups in total. The molecule has 0 aliphatic heterocycles. The number of pyridine rings is 2. The van der Waals surface area contributed by atoms with E-state index >= 15 is 0 Å². The van der Waals surface area contributed by atoms with Gasteiger partial charge in [0.25, 0.3) is 0 Å². The Kier molecular flexibility index (Phi) is 7.96. The van der Waals surface area contributed by atoms with E-state index in [1.165, 1.54) is 69.9 Å². The quantitative estimate of drug-likeness (QED) is 0.243. The maximum absolute atomic E-state index is 4.99. The summed E-state index contributed by atoms with van der Waals surface area (Å²) in [6, 6.07) is 13.6. The molecule has 2 aliphatic rings. The third-order valence-corrected chi connectivity index (χ3v) is 10.0. The maximum atomic E-state index is 4.99. The van der Waals surface area contributed by atoms with Gasteiger partial charge in [-0.1, -0.05) is 66.2 Å². The Morgan fingerprint density at radius 2 is 1.19 bits per heavy atom. The zero-order valence-electron chi connectivity index (χ0n) is 28.4. The summed E-state index contributed by atoms with van der Waals surface area (Å²) in [6.07, 6.45) is 5.74. The van der Waals surface area contributed by atoms with Gasteiger partial charge >= 0.3 is 0 Å². The molecule has 2 saturated carbocycles. The summed E-state index contributed by atoms with van der Waals surface area (Å²) < 4.78 is 0. The minimum absolute atomic E-state index is 0.147. The summed E-state index contributed by atoms with van der Waals surface area (Å²) in [6.45, 7) is 22.5. The van der Waals surface area contributed by atoms with E-state index in [0.29, 0.717) is 0 Å². The van der Waals surface area contributed by atoms with Crippen molar-refractivity contribution in [2.24, 2.45) is 11.8 Å². The highest BCUT2D eigenvalue weighted by Crippen LogP contribution is 2.54. The van der Waals surface area contributed by atoms with Crippen molar-refractivity contribution in [3.05, 3.63) is 75.6 Å². The lowest BCUT2D eigenvalue weighted by atomic mass is 9.76. The highest BCUT2D eigenvalue weighted by molar-refractivity contribution is 5.94. The van der Waals surface area contributed by atoms with Crippen molar-refractivity contribution in [2.75, 3.05) is 19.0 Å². The van der Waals surface area contributed by atoms with Crippen LogP contribution in [0.4, 0.5) is 5.69 Å². The molecule has 6 rings (SSSR count). The van der Waals surface area contributed by atoms with Crippen LogP contribution in [0, 0.1) is 39.5 Å². The van der Waals surface area contributed by atoms with Crippen LogP contribution in [0.25, 0.3) is 21.8 Å². The van der Waals surface area contributed by atoms with Gasteiger partial charge in [-0.05, 0) is 122 Å². The molecule has 3 unspecified atom stereocenters. The molecular formula is C39H53N3. The summed E-state index contributed by atoms with van der Waals surface area (Å²) in [5.74, 6) is 2.62. The molecule has 2 aromatic carbocycles. The minimum atomic E-state index is 0.147. The van der Waals surface area contributed by atoms with Gasteiger partial charge in [0.05, 0.1) is 16.7 Å². The Morgan fingerprint density at radius 1 is 0.667 bits per heavy atom. The molecule has 0 radical (unpaired) electrons. The summed E-state index contributed by atoms with van der Waals surface area (Å²) in [4.78, 5) is 11.9. The van der Waals surface area contributed by atoms with Crippen LogP contribution in [0.2, 0.25) is 0 Å². The Bertz CT molecular complexity index is 1630. The second-order valence-electron chi connectivity index (χ2n) is 15.6. The highest BCUT2D eigenvalue weighted by atomic mass is 15.1. The predicted molar refractivity (Wildman–Crippen MR) is 182 cm³/mol. The van der Waals surface area contributed by atoms with E-state index in [9.17, 15) is 0 Å². The number of hydrogen-bond acceptors (Lipinski definition) is 3. The molecule has 2 aromatic heterocycles. The van der Waals surface area contributed by atoms with Crippen LogP contribution in [0.15, 0.2) is 36.4 Å². The first-order valence-corrected chi connectivity index (χ1v) is 16.1. The van der Waals surface area contributed by atoms with E-state index in [-0.39, 0.29) is 10.8 Å². The first kappa shape index (κ1) is 30.5. The normalized spacial score (nSPS) is 20.2. The largest absolute Gasteiger partial charge is 0.376 e. The number of nitrogens with zero attached hydrogens (tertiary/aromatic N) is 3. The van der Waals surface area contributed by atoms with Crippen molar-refractivity contribution >= 4 is 27.5 Å². The Hall–Kier alpha value is -2.94. The maximum Gasteiger partial charge on any atom is 0.0941 e. The predicted octanol–water partition coefficient (Wildman–Crippen LogP) is 10.3. The molecule has 3 atom stereocenters. The zero-order chi connectivity index (χ0) is 30.7. The fourth-order valence-corrected chi connectivity index (χ4v) is 7.88. The fourth-order valence-electron chi connectivity index (χ4n) is 7.88. The second kappa shape index (κ2) is 11.0. The second-order valence-corrected chi connectivity index (χ2v) is 15.6. The molecule has 2 fully saturated rings. The summed E-state index contributed by atoms with van der Waals surface area (Å²) in [5.41, 5.74) is 13.4. The van der Waals surface area contributed by atoms with Crippen LogP contribution in [0.3, 0.4) is 0 Å². The summed E-state index contributed by atoms with van der Waals surface area (Å²) in [7, 11) is 4.17. The van der Waals surface area contributed by atoms with Gasteiger partial charge < -0.3 is 4.90 Å². The summed E-state index contributed by atoms with van der Waals surface area (Å²) in [5, 5.41) is 2.64. The van der Waals surface area contributed by atoms with E-state index in [1.807, 2.05) is 6.92 Å². The fraction of sp³-hybridized carbons (Fsp3) is 0.538. The van der Waals surface area contributed by atoms with Gasteiger partial charge in [-0.15, -0.1) is 0 Å². The Morgan fingerprint density at radius 3 is 1.67 bits per heavy atom. The van der Waals surface area contributed by atoms with Crippen LogP contribution in [-0.2, 0) is 10.8 Å². The van der Waals surface area contributed by atoms with Gasteiger partial charge in [0.1, 0.15) is 0 Å². The van der Waals surface area contributed by atoms with Crippen molar-refractivity contribution in [2.45, 2.75) is 112 Å². The number of aryl methyl sites for hydroxylation is 4. The molecule has 0 saturated heterocycles. The lowest BCUT2D eigenvalue weighted by molar-refractivity contribution is 0.420. The SMILES string of the molecule is Cc1ccc2c(C)c(C(C)(C)C)cc(C3CC4CCC3C4)c2n1.Cc1ccc2c(C)c(C(C)(C)C)cc(N(C)C)c2n1. The van der Waals surface area contributed by atoms with Crippen LogP contribution >= 0.6 is 0 Å². The number of benzene rings is 2. The van der Waals surface area contributed by atoms with Gasteiger partial charge in [-0.25, -0.2) is 0 Å². The topological polar surface area (TPSA) is 29.0 Å². The average molecular weight is 564 g/mol. The smallest absolute Gasteiger partial charge is 0.0941 e. The zero-order valence-corrected chi connectivity index (χ0v) is 28.4. The molecule has 42 heavy (non-hydrogen) atoms. The van der Waals surface area contributed by atoms with Crippen molar-refractivity contribution in [1.82, 2.24) is 9.97 Å². The van der Waals surface area contributed by atoms with Crippen LogP contribution in [-0.4, -0.2) is 24.1 Å². The monoisotopic (exact) mass is 563 g/mol. The molecule has 3 nitrogen and oxygen atoms in total. The standard InChI is InChI=1S/C22H29N.C17H24N2/c1-13-6-9-17-14(2)20(22(3,4)5)12-19(21(17)23-13)18-11-15-7-8-16(18)10-15;1-11-8-9-13-12(2)14(17(3,4)5)10-15(19(6)7)16(13)18-11/h6,9,12,15-16,18H,7-8,10-11H2,1-5H3;8-10H,1-7H3. The lowest BCUT2D eigenvalue weighted by Crippen LogP contribution is -2.17.